The van der Waals surface area contributed by atoms with Crippen molar-refractivity contribution in [1.29, 1.82) is 0 Å². The first kappa shape index (κ1) is 19.7. The molecule has 1 aromatic rings. The van der Waals surface area contributed by atoms with E-state index in [1.54, 1.807) is 11.0 Å². The molecular formula is C14H11F5N2O4S2. The van der Waals surface area contributed by atoms with E-state index in [0.717, 1.165) is 17.4 Å². The molecule has 0 spiro atoms. The van der Waals surface area contributed by atoms with Crippen LogP contribution in [0.5, 0.6) is 0 Å². The fraction of sp³-hybridized carbons (Fsp3) is 0.429. The third kappa shape index (κ3) is 3.83. The van der Waals surface area contributed by atoms with Crippen LogP contribution in [-0.4, -0.2) is 56.8 Å². The molecule has 0 amide bonds. The Morgan fingerprint density at radius 1 is 1.15 bits per heavy atom. The van der Waals surface area contributed by atoms with Crippen LogP contribution in [0.2, 0.25) is 0 Å². The maximum atomic E-state index is 13.5. The Kier molecular flexibility index (Phi) is 4.78. The second-order valence-corrected chi connectivity index (χ2v) is 9.16. The maximum Gasteiger partial charge on any atom is 0.459 e. The van der Waals surface area contributed by atoms with Crippen molar-refractivity contribution >= 4 is 43.9 Å². The summed E-state index contributed by atoms with van der Waals surface area (Å²) < 4.78 is 87.6. The number of hydrogen-bond acceptors (Lipinski definition) is 7. The van der Waals surface area contributed by atoms with Gasteiger partial charge in [0.25, 0.3) is 0 Å². The molecule has 0 aliphatic carbocycles. The van der Waals surface area contributed by atoms with E-state index in [0.29, 0.717) is 5.00 Å². The van der Waals surface area contributed by atoms with E-state index in [1.165, 1.54) is 6.07 Å². The van der Waals surface area contributed by atoms with Gasteiger partial charge in [-0.05, 0) is 18.2 Å². The molecule has 0 radical (unpaired) electrons. The van der Waals surface area contributed by atoms with Crippen LogP contribution in [0.25, 0.3) is 6.08 Å². The summed E-state index contributed by atoms with van der Waals surface area (Å²) in [6.45, 7) is 0.472. The third-order valence-electron chi connectivity index (χ3n) is 3.90. The summed E-state index contributed by atoms with van der Waals surface area (Å²) in [5.41, 5.74) is -2.77. The van der Waals surface area contributed by atoms with Gasteiger partial charge in [-0.1, -0.05) is 5.16 Å². The smallest absolute Gasteiger partial charge is 0.361 e. The average Bonchev–Trinajstić information content (AvgIpc) is 3.15. The highest BCUT2D eigenvalue weighted by Gasteiger charge is 2.64. The minimum Gasteiger partial charge on any atom is -0.361 e. The molecule has 2 aliphatic rings. The van der Waals surface area contributed by atoms with Crippen molar-refractivity contribution in [3.63, 3.8) is 0 Å². The molecule has 3 heterocycles. The first-order valence-electron chi connectivity index (χ1n) is 7.42. The van der Waals surface area contributed by atoms with Gasteiger partial charge in [0.2, 0.25) is 0 Å². The molecule has 1 saturated heterocycles. The molecule has 0 atom stereocenters. The number of rotatable bonds is 3. The number of thiophene rings is 1. The first-order chi connectivity index (χ1) is 12.4. The highest BCUT2D eigenvalue weighted by atomic mass is 32.2. The minimum atomic E-state index is -5.93. The van der Waals surface area contributed by atoms with E-state index in [-0.39, 0.29) is 29.5 Å². The number of nitrogens with zero attached hydrogens (tertiary/aromatic N) is 2. The number of hydrogen-bond donors (Lipinski definition) is 0. The average molecular weight is 430 g/mol. The predicted molar refractivity (Wildman–Crippen MR) is 87.7 cm³/mol. The van der Waals surface area contributed by atoms with Crippen molar-refractivity contribution in [1.82, 2.24) is 0 Å². The molecule has 0 saturated carbocycles. The number of alkyl halides is 5. The fourth-order valence-corrected chi connectivity index (χ4v) is 4.64. The van der Waals surface area contributed by atoms with Gasteiger partial charge in [-0.25, -0.2) is 13.2 Å². The Balaban J connectivity index is 1.85. The van der Waals surface area contributed by atoms with Crippen LogP contribution in [0.15, 0.2) is 22.9 Å². The fourth-order valence-electron chi connectivity index (χ4n) is 2.43. The minimum absolute atomic E-state index is 0.0394. The zero-order chi connectivity index (χ0) is 20.0. The standard InChI is InChI=1S/C14H11F5N2O4S2/c15-13(16,14(17,18)19)11-9(12(22)25-20-11)7-8-1-2-10(26-8)21-3-5-27(23,24)6-4-21/h1-2,7H,3-6H2/b9-7+. The molecule has 0 bridgehead atoms. The number of sulfone groups is 1. The molecule has 0 unspecified atom stereocenters. The lowest BCUT2D eigenvalue weighted by atomic mass is 10.0. The van der Waals surface area contributed by atoms with Gasteiger partial charge in [0.05, 0.1) is 22.1 Å². The van der Waals surface area contributed by atoms with E-state index < -0.39 is 39.2 Å². The van der Waals surface area contributed by atoms with Crippen molar-refractivity contribution in [3.05, 3.63) is 22.6 Å². The van der Waals surface area contributed by atoms with Crippen LogP contribution in [0.3, 0.4) is 0 Å². The second kappa shape index (κ2) is 6.55. The molecule has 6 nitrogen and oxygen atoms in total. The summed E-state index contributed by atoms with van der Waals surface area (Å²) in [6, 6.07) is 2.99. The van der Waals surface area contributed by atoms with Gasteiger partial charge in [-0.3, -0.25) is 0 Å². The zero-order valence-corrected chi connectivity index (χ0v) is 14.9. The quantitative estimate of drug-likeness (QED) is 0.419. The van der Waals surface area contributed by atoms with Gasteiger partial charge in [-0.15, -0.1) is 11.3 Å². The SMILES string of the molecule is O=C1ON=C(C(F)(F)C(F)(F)F)/C1=C\c1ccc(N2CCS(=O)(=O)CC2)s1. The molecule has 27 heavy (non-hydrogen) atoms. The molecule has 13 heteroatoms. The highest BCUT2D eigenvalue weighted by molar-refractivity contribution is 7.91. The van der Waals surface area contributed by atoms with E-state index >= 15 is 0 Å². The van der Waals surface area contributed by atoms with Crippen molar-refractivity contribution in [2.45, 2.75) is 12.1 Å². The largest absolute Gasteiger partial charge is 0.459 e. The molecule has 0 aromatic carbocycles. The van der Waals surface area contributed by atoms with Gasteiger partial charge < -0.3 is 9.74 Å². The topological polar surface area (TPSA) is 76.0 Å². The number of carbonyl (C=O) groups excluding carboxylic acids is 1. The van der Waals surface area contributed by atoms with Gasteiger partial charge in [0.15, 0.2) is 15.5 Å². The lowest BCUT2D eigenvalue weighted by Gasteiger charge is -2.27. The molecular weight excluding hydrogens is 419 g/mol. The van der Waals surface area contributed by atoms with E-state index in [9.17, 15) is 35.2 Å². The van der Waals surface area contributed by atoms with Crippen molar-refractivity contribution in [2.75, 3.05) is 29.5 Å². The monoisotopic (exact) mass is 430 g/mol. The number of oxime groups is 1. The predicted octanol–water partition coefficient (Wildman–Crippen LogP) is 2.48. The van der Waals surface area contributed by atoms with E-state index in [2.05, 4.69) is 9.99 Å². The van der Waals surface area contributed by atoms with Crippen molar-refractivity contribution in [2.24, 2.45) is 5.16 Å². The summed E-state index contributed by atoms with van der Waals surface area (Å²) in [6.07, 6.45) is -5.08. The van der Waals surface area contributed by atoms with Crippen LogP contribution in [0, 0.1) is 0 Å². The van der Waals surface area contributed by atoms with Crippen LogP contribution >= 0.6 is 11.3 Å². The number of halogens is 5. The summed E-state index contributed by atoms with van der Waals surface area (Å²) in [5, 5.41) is 3.20. The third-order valence-corrected chi connectivity index (χ3v) is 6.61. The maximum absolute atomic E-state index is 13.5. The van der Waals surface area contributed by atoms with Crippen molar-refractivity contribution < 1.29 is 40.0 Å². The van der Waals surface area contributed by atoms with Crippen LogP contribution in [0.1, 0.15) is 4.88 Å². The molecule has 0 N–H and O–H groups in total. The summed E-state index contributed by atoms with van der Waals surface area (Å²) in [4.78, 5) is 17.5. The Bertz CT molecular complexity index is 920. The van der Waals surface area contributed by atoms with E-state index in [4.69, 9.17) is 0 Å². The van der Waals surface area contributed by atoms with Gasteiger partial charge >= 0.3 is 18.1 Å². The van der Waals surface area contributed by atoms with Crippen molar-refractivity contribution in [3.8, 4) is 0 Å². The molecule has 1 aromatic heterocycles. The van der Waals surface area contributed by atoms with Gasteiger partial charge in [0.1, 0.15) is 0 Å². The molecule has 148 valence electrons. The number of anilines is 1. The zero-order valence-electron chi connectivity index (χ0n) is 13.3. The van der Waals surface area contributed by atoms with Gasteiger partial charge in [-0.2, -0.15) is 22.0 Å². The lowest BCUT2D eigenvalue weighted by Crippen LogP contribution is -2.44. The number of carbonyl (C=O) groups is 1. The second-order valence-electron chi connectivity index (χ2n) is 5.76. The van der Waals surface area contributed by atoms with Crippen LogP contribution < -0.4 is 4.90 Å². The Labute approximate surface area is 153 Å². The summed E-state index contributed by atoms with van der Waals surface area (Å²) in [7, 11) is -3.10. The Morgan fingerprint density at radius 2 is 1.78 bits per heavy atom. The lowest BCUT2D eigenvalue weighted by molar-refractivity contribution is -0.249. The Hall–Kier alpha value is -2.02. The van der Waals surface area contributed by atoms with Crippen LogP contribution in [0.4, 0.5) is 27.0 Å². The van der Waals surface area contributed by atoms with Gasteiger partial charge in [0, 0.05) is 18.0 Å². The summed E-state index contributed by atoms with van der Waals surface area (Å²) >= 11 is 1.01. The van der Waals surface area contributed by atoms with E-state index in [1.807, 2.05) is 0 Å². The highest BCUT2D eigenvalue weighted by Crippen LogP contribution is 2.41. The molecule has 2 aliphatic heterocycles. The first-order valence-corrected chi connectivity index (χ1v) is 10.1. The normalized spacial score (nSPS) is 22.1. The molecule has 1 fully saturated rings. The summed E-state index contributed by atoms with van der Waals surface area (Å²) in [5.74, 6) is -6.83. The Morgan fingerprint density at radius 3 is 2.37 bits per heavy atom. The van der Waals surface area contributed by atoms with Crippen LogP contribution in [-0.2, 0) is 19.5 Å². The molecule has 3 rings (SSSR count).